The molecule has 8 heteroatoms. The van der Waals surface area contributed by atoms with Gasteiger partial charge in [-0.25, -0.2) is 0 Å². The summed E-state index contributed by atoms with van der Waals surface area (Å²) in [7, 11) is 2.79. The number of carbonyl (C=O) groups is 1. The lowest BCUT2D eigenvalue weighted by Gasteiger charge is -2.17. The lowest BCUT2D eigenvalue weighted by molar-refractivity contribution is -0.385. The summed E-state index contributed by atoms with van der Waals surface area (Å²) in [6, 6.07) is 12.0. The molecule has 3 rings (SSSR count). The Morgan fingerprint density at radius 3 is 2.37 bits per heavy atom. The molecule has 27 heavy (non-hydrogen) atoms. The number of benzene rings is 2. The highest BCUT2D eigenvalue weighted by atomic mass is 16.6. The van der Waals surface area contributed by atoms with Crippen molar-refractivity contribution in [2.45, 2.75) is 12.0 Å². The van der Waals surface area contributed by atoms with Crippen molar-refractivity contribution in [3.63, 3.8) is 0 Å². The molecular formula is C19H21N3O5. The van der Waals surface area contributed by atoms with Gasteiger partial charge in [0.05, 0.1) is 25.2 Å². The number of ether oxygens (including phenoxy) is 2. The number of hydrogen-bond donors (Lipinski definition) is 1. The van der Waals surface area contributed by atoms with Crippen LogP contribution in [0.5, 0.6) is 11.5 Å². The summed E-state index contributed by atoms with van der Waals surface area (Å²) in [5.74, 6) is -0.0125. The molecule has 1 amide bonds. The van der Waals surface area contributed by atoms with Crippen molar-refractivity contribution < 1.29 is 19.2 Å². The van der Waals surface area contributed by atoms with Gasteiger partial charge in [-0.2, -0.15) is 0 Å². The predicted octanol–water partition coefficient (Wildman–Crippen LogP) is 2.18. The van der Waals surface area contributed by atoms with Gasteiger partial charge in [-0.05, 0) is 5.56 Å². The zero-order valence-electron chi connectivity index (χ0n) is 15.1. The molecule has 1 aliphatic rings. The SMILES string of the molecule is COc1cc(C(=O)N2C[C@@H](N)[C@H](c3ccccc3)C2)c([N+](=O)[O-])cc1OC. The van der Waals surface area contributed by atoms with Crippen molar-refractivity contribution in [3.05, 3.63) is 63.7 Å². The summed E-state index contributed by atoms with van der Waals surface area (Å²) in [5.41, 5.74) is 6.92. The number of nitro groups is 1. The summed E-state index contributed by atoms with van der Waals surface area (Å²) >= 11 is 0. The van der Waals surface area contributed by atoms with E-state index < -0.39 is 10.8 Å². The lowest BCUT2D eigenvalue weighted by atomic mass is 9.95. The van der Waals surface area contributed by atoms with Crippen LogP contribution in [-0.2, 0) is 0 Å². The van der Waals surface area contributed by atoms with Gasteiger partial charge in [-0.15, -0.1) is 0 Å². The summed E-state index contributed by atoms with van der Waals surface area (Å²) in [6.45, 7) is 0.722. The number of nitrogens with two attached hydrogens (primary N) is 1. The van der Waals surface area contributed by atoms with Crippen LogP contribution in [-0.4, -0.2) is 49.1 Å². The first-order valence-corrected chi connectivity index (χ1v) is 8.46. The molecule has 2 N–H and O–H groups in total. The van der Waals surface area contributed by atoms with Crippen molar-refractivity contribution in [2.75, 3.05) is 27.3 Å². The highest BCUT2D eigenvalue weighted by molar-refractivity contribution is 5.99. The number of methoxy groups -OCH3 is 2. The number of hydrogen-bond acceptors (Lipinski definition) is 6. The first kappa shape index (κ1) is 18.7. The van der Waals surface area contributed by atoms with E-state index in [-0.39, 0.29) is 34.7 Å². The highest BCUT2D eigenvalue weighted by Gasteiger charge is 2.36. The van der Waals surface area contributed by atoms with Crippen LogP contribution in [0.15, 0.2) is 42.5 Å². The second kappa shape index (κ2) is 7.63. The average Bonchev–Trinajstić information content (AvgIpc) is 3.08. The summed E-state index contributed by atoms with van der Waals surface area (Å²) in [6.07, 6.45) is 0. The van der Waals surface area contributed by atoms with E-state index in [1.165, 1.54) is 26.4 Å². The minimum absolute atomic E-state index is 0.0191. The number of nitro benzene ring substituents is 1. The molecule has 2 aromatic carbocycles. The molecule has 1 heterocycles. The van der Waals surface area contributed by atoms with Crippen LogP contribution >= 0.6 is 0 Å². The van der Waals surface area contributed by atoms with Gasteiger partial charge in [0.15, 0.2) is 11.5 Å². The zero-order chi connectivity index (χ0) is 19.6. The van der Waals surface area contributed by atoms with Crippen molar-refractivity contribution >= 4 is 11.6 Å². The topological polar surface area (TPSA) is 108 Å². The van der Waals surface area contributed by atoms with E-state index in [0.717, 1.165) is 5.56 Å². The fraction of sp³-hybridized carbons (Fsp3) is 0.316. The van der Waals surface area contributed by atoms with E-state index in [2.05, 4.69) is 0 Å². The van der Waals surface area contributed by atoms with E-state index in [4.69, 9.17) is 15.2 Å². The van der Waals surface area contributed by atoms with Gasteiger partial charge in [0.25, 0.3) is 11.6 Å². The third-order valence-corrected chi connectivity index (χ3v) is 4.81. The number of amides is 1. The molecule has 2 aromatic rings. The molecule has 0 bridgehead atoms. The van der Waals surface area contributed by atoms with Crippen LogP contribution in [0.3, 0.4) is 0 Å². The summed E-state index contributed by atoms with van der Waals surface area (Å²) in [4.78, 5) is 25.5. The van der Waals surface area contributed by atoms with Crippen molar-refractivity contribution in [1.82, 2.24) is 4.90 Å². The second-order valence-electron chi connectivity index (χ2n) is 6.37. The van der Waals surface area contributed by atoms with Gasteiger partial charge in [0.2, 0.25) is 0 Å². The Morgan fingerprint density at radius 1 is 1.15 bits per heavy atom. The van der Waals surface area contributed by atoms with Crippen LogP contribution in [0.2, 0.25) is 0 Å². The Bertz CT molecular complexity index is 856. The molecule has 0 radical (unpaired) electrons. The van der Waals surface area contributed by atoms with E-state index in [1.807, 2.05) is 30.3 Å². The molecule has 142 valence electrons. The van der Waals surface area contributed by atoms with Gasteiger partial charge in [-0.1, -0.05) is 30.3 Å². The minimum Gasteiger partial charge on any atom is -0.493 e. The third-order valence-electron chi connectivity index (χ3n) is 4.81. The first-order chi connectivity index (χ1) is 13.0. The van der Waals surface area contributed by atoms with Gasteiger partial charge >= 0.3 is 0 Å². The van der Waals surface area contributed by atoms with Gasteiger partial charge in [-0.3, -0.25) is 14.9 Å². The molecule has 0 saturated carbocycles. The molecule has 0 spiro atoms. The third kappa shape index (κ3) is 3.56. The molecule has 1 fully saturated rings. The lowest BCUT2D eigenvalue weighted by Crippen LogP contribution is -2.32. The molecular weight excluding hydrogens is 350 g/mol. The summed E-state index contributed by atoms with van der Waals surface area (Å²) in [5, 5.41) is 11.5. The van der Waals surface area contributed by atoms with Crippen molar-refractivity contribution in [3.8, 4) is 11.5 Å². The van der Waals surface area contributed by atoms with Crippen molar-refractivity contribution in [2.24, 2.45) is 5.73 Å². The molecule has 0 unspecified atom stereocenters. The molecule has 0 aromatic heterocycles. The standard InChI is InChI=1S/C19H21N3O5/c1-26-17-8-13(16(22(24)25)9-18(17)27-2)19(23)21-10-14(15(20)11-21)12-6-4-3-5-7-12/h3-9,14-15H,10-11,20H2,1-2H3/t14-,15+/m0/s1. The minimum atomic E-state index is -0.597. The highest BCUT2D eigenvalue weighted by Crippen LogP contribution is 2.36. The monoisotopic (exact) mass is 371 g/mol. The Kier molecular flexibility index (Phi) is 5.27. The quantitative estimate of drug-likeness (QED) is 0.637. The van der Waals surface area contributed by atoms with E-state index in [1.54, 1.807) is 4.90 Å². The fourth-order valence-corrected chi connectivity index (χ4v) is 3.41. The number of rotatable bonds is 5. The molecule has 0 aliphatic carbocycles. The molecule has 8 nitrogen and oxygen atoms in total. The van der Waals surface area contributed by atoms with Crippen LogP contribution in [0.1, 0.15) is 21.8 Å². The second-order valence-corrected chi connectivity index (χ2v) is 6.37. The van der Waals surface area contributed by atoms with E-state index >= 15 is 0 Å². The van der Waals surface area contributed by atoms with Gasteiger partial charge in [0, 0.05) is 31.1 Å². The van der Waals surface area contributed by atoms with E-state index in [9.17, 15) is 14.9 Å². The Morgan fingerprint density at radius 2 is 1.78 bits per heavy atom. The Hall–Kier alpha value is -3.13. The smallest absolute Gasteiger partial charge is 0.286 e. The first-order valence-electron chi connectivity index (χ1n) is 8.46. The van der Waals surface area contributed by atoms with Crippen LogP contribution in [0.4, 0.5) is 5.69 Å². The maximum absolute atomic E-state index is 13.0. The average molecular weight is 371 g/mol. The largest absolute Gasteiger partial charge is 0.493 e. The number of carbonyl (C=O) groups excluding carboxylic acids is 1. The number of likely N-dealkylation sites (tertiary alicyclic amines) is 1. The Labute approximate surface area is 156 Å². The van der Waals surface area contributed by atoms with Crippen molar-refractivity contribution in [1.29, 1.82) is 0 Å². The Balaban J connectivity index is 1.93. The summed E-state index contributed by atoms with van der Waals surface area (Å²) < 4.78 is 10.3. The maximum Gasteiger partial charge on any atom is 0.286 e. The maximum atomic E-state index is 13.0. The molecule has 2 atom stereocenters. The predicted molar refractivity (Wildman–Crippen MR) is 99.3 cm³/mol. The van der Waals surface area contributed by atoms with Crippen LogP contribution in [0, 0.1) is 10.1 Å². The van der Waals surface area contributed by atoms with Crippen LogP contribution < -0.4 is 15.2 Å². The van der Waals surface area contributed by atoms with Gasteiger partial charge in [0.1, 0.15) is 5.56 Å². The normalized spacial score (nSPS) is 19.0. The molecule has 1 aliphatic heterocycles. The number of nitrogens with zero attached hydrogens (tertiary/aromatic N) is 2. The zero-order valence-corrected chi connectivity index (χ0v) is 15.1. The van der Waals surface area contributed by atoms with Crippen LogP contribution in [0.25, 0.3) is 0 Å². The fourth-order valence-electron chi connectivity index (χ4n) is 3.41. The molecule has 1 saturated heterocycles. The van der Waals surface area contributed by atoms with Gasteiger partial charge < -0.3 is 20.1 Å². The van der Waals surface area contributed by atoms with E-state index in [0.29, 0.717) is 13.1 Å².